The minimum absolute atomic E-state index is 0.00972. The second kappa shape index (κ2) is 7.16. The molecule has 0 spiro atoms. The van der Waals surface area contributed by atoms with Gasteiger partial charge in [-0.1, -0.05) is 12.1 Å². The highest BCUT2D eigenvalue weighted by atomic mass is 19.4. The summed E-state index contributed by atoms with van der Waals surface area (Å²) < 4.78 is 48.8. The van der Waals surface area contributed by atoms with Gasteiger partial charge in [-0.3, -0.25) is 4.79 Å². The average molecular weight is 414 g/mol. The highest BCUT2D eigenvalue weighted by Crippen LogP contribution is 2.34. The van der Waals surface area contributed by atoms with Crippen LogP contribution >= 0.6 is 0 Å². The second-order valence-corrected chi connectivity index (χ2v) is 7.51. The highest BCUT2D eigenvalue weighted by Gasteiger charge is 2.45. The zero-order valence-corrected chi connectivity index (χ0v) is 16.2. The highest BCUT2D eigenvalue weighted by molar-refractivity contribution is 6.02. The minimum Gasteiger partial charge on any atom is -0.480 e. The van der Waals surface area contributed by atoms with Crippen LogP contribution in [0, 0.1) is 30.2 Å². The molecule has 154 valence electrons. The van der Waals surface area contributed by atoms with Gasteiger partial charge in [-0.15, -0.1) is 0 Å². The first kappa shape index (κ1) is 19.9. The Morgan fingerprint density at radius 3 is 2.70 bits per heavy atom. The third-order valence-electron chi connectivity index (χ3n) is 5.04. The summed E-state index contributed by atoms with van der Waals surface area (Å²) in [5.41, 5.74) is 0.226. The van der Waals surface area contributed by atoms with Crippen LogP contribution in [0.4, 0.5) is 18.9 Å². The number of amides is 1. The number of nitrogens with one attached hydrogen (secondary N) is 2. The smallest absolute Gasteiger partial charge is 0.424 e. The Morgan fingerprint density at radius 2 is 2.10 bits per heavy atom. The van der Waals surface area contributed by atoms with Gasteiger partial charge in [-0.2, -0.15) is 13.2 Å². The van der Waals surface area contributed by atoms with E-state index in [0.717, 1.165) is 6.07 Å². The molecule has 1 saturated heterocycles. The number of carbonyl (C=O) groups excluding carboxylic acids is 1. The van der Waals surface area contributed by atoms with Crippen LogP contribution in [0.2, 0.25) is 0 Å². The van der Waals surface area contributed by atoms with Gasteiger partial charge < -0.3 is 19.8 Å². The Bertz CT molecular complexity index is 1070. The summed E-state index contributed by atoms with van der Waals surface area (Å²) in [5.74, 6) is -0.0561. The molecule has 0 saturated carbocycles. The van der Waals surface area contributed by atoms with Crippen LogP contribution in [-0.2, 0) is 22.3 Å². The zero-order valence-electron chi connectivity index (χ0n) is 16.2. The van der Waals surface area contributed by atoms with Crippen LogP contribution in [0.1, 0.15) is 25.0 Å². The van der Waals surface area contributed by atoms with Gasteiger partial charge in [-0.25, -0.2) is 0 Å². The van der Waals surface area contributed by atoms with Crippen LogP contribution < -0.4 is 10.1 Å². The molecule has 0 aliphatic carbocycles. The van der Waals surface area contributed by atoms with E-state index in [1.54, 1.807) is 12.3 Å². The van der Waals surface area contributed by atoms with E-state index < -0.39 is 17.3 Å². The van der Waals surface area contributed by atoms with Crippen molar-refractivity contribution in [3.63, 3.8) is 0 Å². The van der Waals surface area contributed by atoms with Crippen LogP contribution in [0.3, 0.4) is 0 Å². The van der Waals surface area contributed by atoms with Crippen molar-refractivity contribution in [3.8, 4) is 5.75 Å². The van der Waals surface area contributed by atoms with E-state index in [-0.39, 0.29) is 18.4 Å². The number of alkyl halides is 3. The first-order valence-electron chi connectivity index (χ1n) is 9.16. The van der Waals surface area contributed by atoms with Crippen molar-refractivity contribution in [2.45, 2.75) is 32.2 Å². The van der Waals surface area contributed by atoms with Crippen molar-refractivity contribution in [1.82, 2.24) is 4.98 Å². The molecule has 30 heavy (non-hydrogen) atoms. The van der Waals surface area contributed by atoms with Gasteiger partial charge in [0, 0.05) is 23.2 Å². The molecule has 1 aliphatic heterocycles. The summed E-state index contributed by atoms with van der Waals surface area (Å²) in [7, 11) is 0. The fourth-order valence-corrected chi connectivity index (χ4v) is 3.09. The minimum atomic E-state index is -4.46. The summed E-state index contributed by atoms with van der Waals surface area (Å²) >= 11 is 0. The number of hydrogen-bond donors (Lipinski definition) is 2. The summed E-state index contributed by atoms with van der Waals surface area (Å²) in [4.78, 5) is 15.5. The first-order valence-corrected chi connectivity index (χ1v) is 9.16. The number of halogens is 3. The van der Waals surface area contributed by atoms with E-state index in [1.807, 2.05) is 13.8 Å². The quantitative estimate of drug-likeness (QED) is 0.653. The van der Waals surface area contributed by atoms with E-state index in [2.05, 4.69) is 34.6 Å². The zero-order chi connectivity index (χ0) is 21.5. The number of carbonyl (C=O) groups is 1. The maximum atomic E-state index is 12.6. The average Bonchev–Trinajstić information content (AvgIpc) is 3.07. The van der Waals surface area contributed by atoms with Crippen molar-refractivity contribution in [3.05, 3.63) is 59.8 Å². The lowest BCUT2D eigenvalue weighted by molar-refractivity contribution is -0.185. The molecule has 1 unspecified atom stereocenters. The summed E-state index contributed by atoms with van der Waals surface area (Å²) in [6.45, 7) is 4.08. The lowest BCUT2D eigenvalue weighted by atomic mass is 9.85. The Hall–Kier alpha value is -3.36. The van der Waals surface area contributed by atoms with Crippen LogP contribution in [0.5, 0.6) is 5.75 Å². The van der Waals surface area contributed by atoms with E-state index in [0.29, 0.717) is 34.5 Å². The number of ether oxygens (including phenoxy) is 2. The third kappa shape index (κ3) is 3.87. The van der Waals surface area contributed by atoms with Gasteiger partial charge in [0.05, 0.1) is 29.3 Å². The molecule has 2 N–H and O–H groups in total. The lowest BCUT2D eigenvalue weighted by Crippen LogP contribution is -2.54. The molecule has 2 heterocycles. The number of rotatable bonds is 5. The topological polar surface area (TPSA) is 63.3 Å². The Kier molecular flexibility index (Phi) is 4.76. The molecule has 0 bridgehead atoms. The monoisotopic (exact) mass is 414 g/mol. The molecule has 2 aromatic carbocycles. The second-order valence-electron chi connectivity index (χ2n) is 7.51. The van der Waals surface area contributed by atoms with Gasteiger partial charge in [-0.05, 0) is 38.1 Å². The van der Waals surface area contributed by atoms with Gasteiger partial charge in [0.2, 0.25) is 5.91 Å². The lowest BCUT2D eigenvalue weighted by Gasteiger charge is -2.43. The fraction of sp³-hybridized carbons (Fsp3) is 0.318. The van der Waals surface area contributed by atoms with E-state index in [9.17, 15) is 18.0 Å². The molecule has 1 aromatic heterocycles. The molecule has 0 radical (unpaired) electrons. The molecule has 1 amide bonds. The molecular formula is C22H17F3N2O3. The van der Waals surface area contributed by atoms with Crippen molar-refractivity contribution in [1.29, 1.82) is 0 Å². The standard InChI is InChI=1S/C22H17F3N2O3/c1-21(2)17(12-30-21)20(28)27-19-10-26-18-8-7-15(9-16(18)19)29-11-13-3-5-14(6-4-13)22(23,24)25/h3,5,9-10,17,26H,11-12H2,1-2H3,(H,27,28). The number of H-pyrrole nitrogens is 1. The Morgan fingerprint density at radius 1 is 1.30 bits per heavy atom. The number of hydrogen-bond acceptors (Lipinski definition) is 3. The van der Waals surface area contributed by atoms with E-state index in [4.69, 9.17) is 9.47 Å². The van der Waals surface area contributed by atoms with E-state index in [1.165, 1.54) is 6.07 Å². The number of fused-ring (bicyclic) bond motifs is 1. The van der Waals surface area contributed by atoms with Crippen molar-refractivity contribution in [2.75, 3.05) is 11.9 Å². The molecule has 1 fully saturated rings. The van der Waals surface area contributed by atoms with Crippen LogP contribution in [-0.4, -0.2) is 23.1 Å². The maximum absolute atomic E-state index is 12.6. The van der Waals surface area contributed by atoms with Gasteiger partial charge in [0.15, 0.2) is 5.75 Å². The largest absolute Gasteiger partial charge is 0.480 e. The Labute approximate surface area is 171 Å². The van der Waals surface area contributed by atoms with Gasteiger partial charge >= 0.3 is 6.18 Å². The SMILES string of the molecule is CC1(C)OCC1C(=O)Nc1c[nH]c2c#cc(OCc3c#cc(C(F)(F)F)cc3)cc12. The molecule has 1 atom stereocenters. The molecule has 3 aromatic rings. The normalized spacial score (nSPS) is 17.6. The van der Waals surface area contributed by atoms with E-state index >= 15 is 0 Å². The summed E-state index contributed by atoms with van der Waals surface area (Å²) in [6.07, 6.45) is -2.80. The molecule has 4 rings (SSSR count). The molecular weight excluding hydrogens is 397 g/mol. The molecule has 8 heteroatoms. The predicted octanol–water partition coefficient (Wildman–Crippen LogP) is 4.33. The van der Waals surface area contributed by atoms with Gasteiger partial charge in [0.25, 0.3) is 0 Å². The third-order valence-corrected chi connectivity index (χ3v) is 5.04. The fourth-order valence-electron chi connectivity index (χ4n) is 3.09. The maximum Gasteiger partial charge on any atom is 0.424 e. The number of aromatic nitrogens is 1. The molecule has 1 aliphatic rings. The Balaban J connectivity index is 1.45. The molecule has 5 nitrogen and oxygen atoms in total. The number of anilines is 1. The summed E-state index contributed by atoms with van der Waals surface area (Å²) in [6, 6.07) is 14.2. The summed E-state index contributed by atoms with van der Waals surface area (Å²) in [5, 5.41) is 3.57. The van der Waals surface area contributed by atoms with Crippen LogP contribution in [0.25, 0.3) is 10.9 Å². The number of aromatic amines is 1. The van der Waals surface area contributed by atoms with Gasteiger partial charge in [0.1, 0.15) is 12.2 Å². The van der Waals surface area contributed by atoms with Crippen molar-refractivity contribution >= 4 is 22.5 Å². The first-order chi connectivity index (χ1) is 14.1. The van der Waals surface area contributed by atoms with Crippen LogP contribution in [0.15, 0.2) is 24.4 Å². The van der Waals surface area contributed by atoms with Crippen molar-refractivity contribution in [2.24, 2.45) is 5.92 Å². The van der Waals surface area contributed by atoms with Crippen molar-refractivity contribution < 1.29 is 27.4 Å². The predicted molar refractivity (Wildman–Crippen MR) is 102 cm³/mol.